The van der Waals surface area contributed by atoms with E-state index in [9.17, 15) is 26.0 Å². The number of methoxy groups -OCH3 is 2. The third-order valence-electron chi connectivity index (χ3n) is 11.9. The third kappa shape index (κ3) is 8.45. The van der Waals surface area contributed by atoms with Crippen LogP contribution in [0, 0.1) is 23.3 Å². The van der Waals surface area contributed by atoms with Crippen LogP contribution in [0.25, 0.3) is 66.6 Å². The van der Waals surface area contributed by atoms with Crippen molar-refractivity contribution >= 4 is 32.1 Å². The number of hydrogen-bond donors (Lipinski definition) is 3. The van der Waals surface area contributed by atoms with E-state index < -0.39 is 33.3 Å². The van der Waals surface area contributed by atoms with Crippen molar-refractivity contribution in [2.45, 2.75) is 37.8 Å². The number of nitrogens with one attached hydrogen (secondary N) is 3. The van der Waals surface area contributed by atoms with Gasteiger partial charge in [0.2, 0.25) is 10.0 Å². The quantitative estimate of drug-likeness (QED) is 0.121. The zero-order valence-electron chi connectivity index (χ0n) is 35.1. The van der Waals surface area contributed by atoms with Crippen LogP contribution in [0.1, 0.15) is 37.8 Å². The van der Waals surface area contributed by atoms with E-state index >= 15 is 0 Å². The molecule has 2 saturated heterocycles. The van der Waals surface area contributed by atoms with Gasteiger partial charge in [0.25, 0.3) is 0 Å². The first-order chi connectivity index (χ1) is 30.9. The van der Waals surface area contributed by atoms with Crippen molar-refractivity contribution in [2.24, 2.45) is 0 Å². The molecule has 0 saturated carbocycles. The lowest BCUT2D eigenvalue weighted by Crippen LogP contribution is -2.38. The van der Waals surface area contributed by atoms with Crippen LogP contribution in [0.15, 0.2) is 86.0 Å². The zero-order valence-corrected chi connectivity index (χ0v) is 35.9. The molecule has 8 aromatic rings. The minimum Gasteiger partial charge on any atom is -0.493 e. The summed E-state index contributed by atoms with van der Waals surface area (Å²) in [6.45, 7) is 2.91. The fourth-order valence-corrected chi connectivity index (χ4v) is 9.46. The number of nitrogens with zero attached hydrogens (tertiary/aromatic N) is 7. The fourth-order valence-electron chi connectivity index (χ4n) is 8.59. The average molecular weight is 897 g/mol. The summed E-state index contributed by atoms with van der Waals surface area (Å²) in [6, 6.07) is 8.45. The summed E-state index contributed by atoms with van der Waals surface area (Å²) in [5, 5.41) is 13.9. The van der Waals surface area contributed by atoms with Gasteiger partial charge in [0, 0.05) is 118 Å². The van der Waals surface area contributed by atoms with Crippen LogP contribution in [0.5, 0.6) is 11.5 Å². The maximum absolute atomic E-state index is 14.3. The molecule has 8 heterocycles. The summed E-state index contributed by atoms with van der Waals surface area (Å²) in [7, 11) is -0.477. The molecule has 64 heavy (non-hydrogen) atoms. The molecule has 14 nitrogen and oxygen atoms in total. The Labute approximate surface area is 365 Å². The zero-order chi connectivity index (χ0) is 44.7. The molecule has 0 amide bonds. The Balaban J connectivity index is 0.000000163. The Morgan fingerprint density at radius 3 is 1.50 bits per heavy atom. The number of ether oxygens (including phenoxy) is 2. The van der Waals surface area contributed by atoms with Crippen LogP contribution in [0.4, 0.5) is 17.6 Å². The van der Waals surface area contributed by atoms with Gasteiger partial charge in [-0.1, -0.05) is 0 Å². The molecule has 2 fully saturated rings. The van der Waals surface area contributed by atoms with Gasteiger partial charge >= 0.3 is 0 Å². The van der Waals surface area contributed by atoms with Crippen LogP contribution in [-0.4, -0.2) is 98.9 Å². The molecule has 19 heteroatoms. The van der Waals surface area contributed by atoms with Gasteiger partial charge < -0.3 is 24.8 Å². The predicted molar refractivity (Wildman–Crippen MR) is 234 cm³/mol. The lowest BCUT2D eigenvalue weighted by molar-refractivity contribution is 0.262. The highest BCUT2D eigenvalue weighted by Crippen LogP contribution is 2.40. The first-order valence-electron chi connectivity index (χ1n) is 20.6. The SMILES string of the molecule is COc1c(F)cc(F)cc1-c1c[nH]c2ncc(-c3cnn(C4CCN(S(C)(=O)=O)CC4)c3)cc12.COc1c(F)cc(F)cc1-c1c[nH]c2ncc(-c3cnn(C4CCNCC4)c3)cc12. The van der Waals surface area contributed by atoms with Crippen molar-refractivity contribution in [1.82, 2.24) is 49.1 Å². The van der Waals surface area contributed by atoms with E-state index in [4.69, 9.17) is 9.47 Å². The number of piperidine rings is 2. The Morgan fingerprint density at radius 2 is 1.06 bits per heavy atom. The highest BCUT2D eigenvalue weighted by Gasteiger charge is 2.27. The second-order valence-corrected chi connectivity index (χ2v) is 17.9. The Morgan fingerprint density at radius 1 is 0.609 bits per heavy atom. The first kappa shape index (κ1) is 42.7. The van der Waals surface area contributed by atoms with E-state index in [2.05, 4.69) is 35.5 Å². The monoisotopic (exact) mass is 896 g/mol. The molecule has 3 N–H and O–H groups in total. The van der Waals surface area contributed by atoms with Gasteiger partial charge in [0.1, 0.15) is 22.9 Å². The minimum absolute atomic E-state index is 0.00132. The normalized spacial score (nSPS) is 15.4. The molecular weight excluding hydrogens is 853 g/mol. The predicted octanol–water partition coefficient (Wildman–Crippen LogP) is 8.28. The van der Waals surface area contributed by atoms with Crippen molar-refractivity contribution in [3.05, 3.63) is 109 Å². The third-order valence-corrected chi connectivity index (χ3v) is 13.2. The topological polar surface area (TPSA) is 161 Å². The van der Waals surface area contributed by atoms with Crippen molar-refractivity contribution in [2.75, 3.05) is 46.7 Å². The largest absolute Gasteiger partial charge is 0.493 e. The smallest absolute Gasteiger partial charge is 0.211 e. The van der Waals surface area contributed by atoms with Crippen LogP contribution in [0.2, 0.25) is 0 Å². The van der Waals surface area contributed by atoms with Gasteiger partial charge in [0.15, 0.2) is 23.1 Å². The molecule has 2 aromatic carbocycles. The lowest BCUT2D eigenvalue weighted by atomic mass is 10.0. The van der Waals surface area contributed by atoms with Gasteiger partial charge in [-0.2, -0.15) is 10.2 Å². The number of hydrogen-bond acceptors (Lipinski definition) is 9. The molecule has 10 rings (SSSR count). The van der Waals surface area contributed by atoms with Crippen LogP contribution in [0.3, 0.4) is 0 Å². The molecule has 0 unspecified atom stereocenters. The van der Waals surface area contributed by atoms with Gasteiger partial charge in [0.05, 0.1) is 45.0 Å². The summed E-state index contributed by atoms with van der Waals surface area (Å²) in [5.41, 5.74) is 6.50. The molecule has 0 radical (unpaired) electrons. The number of sulfonamides is 1. The standard InChI is InChI=1S/C23H23F2N5O3S.C22H21F2N5O/c1-33-22-18(8-16(24)9-21(22)25)20-12-27-23-19(20)7-14(10-26-23)15-11-28-30(13-15)17-3-5-29(6-4-17)34(2,31)32;1-30-21-17(7-15(23)8-20(21)24)19-11-27-22-18(19)6-13(9-26-22)14-10-28-29(12-14)16-2-4-25-5-3-16/h7-13,17H,3-6H2,1-2H3,(H,26,27);6-12,16,25H,2-5H2,1H3,(H,26,27). The van der Waals surface area contributed by atoms with Crippen molar-refractivity contribution in [3.8, 4) is 56.0 Å². The number of benzene rings is 2. The molecule has 0 aliphatic carbocycles. The van der Waals surface area contributed by atoms with E-state index in [0.717, 1.165) is 65.7 Å². The van der Waals surface area contributed by atoms with Crippen LogP contribution < -0.4 is 14.8 Å². The van der Waals surface area contributed by atoms with E-state index in [1.54, 1.807) is 31.0 Å². The van der Waals surface area contributed by atoms with Crippen molar-refractivity contribution < 1.29 is 35.5 Å². The van der Waals surface area contributed by atoms with E-state index in [0.29, 0.717) is 70.9 Å². The Kier molecular flexibility index (Phi) is 11.7. The lowest BCUT2D eigenvalue weighted by Gasteiger charge is -2.30. The molecule has 332 valence electrons. The molecule has 6 aromatic heterocycles. The van der Waals surface area contributed by atoms with Gasteiger partial charge in [-0.05, 0) is 63.0 Å². The molecule has 2 aliphatic rings. The Bertz CT molecular complexity index is 3100. The van der Waals surface area contributed by atoms with Gasteiger partial charge in [-0.3, -0.25) is 9.36 Å². The highest BCUT2D eigenvalue weighted by atomic mass is 32.2. The molecular formula is C45H44F4N10O4S. The number of halogens is 4. The first-order valence-corrected chi connectivity index (χ1v) is 22.5. The number of fused-ring (bicyclic) bond motifs is 2. The summed E-state index contributed by atoms with van der Waals surface area (Å²) < 4.78 is 95.7. The van der Waals surface area contributed by atoms with Gasteiger partial charge in [-0.25, -0.2) is 40.3 Å². The minimum atomic E-state index is -3.19. The second-order valence-electron chi connectivity index (χ2n) is 15.9. The average Bonchev–Trinajstić information content (AvgIpc) is 4.13. The van der Waals surface area contributed by atoms with E-state index in [1.807, 2.05) is 40.1 Å². The van der Waals surface area contributed by atoms with Crippen molar-refractivity contribution in [1.29, 1.82) is 0 Å². The molecule has 0 atom stereocenters. The molecule has 0 spiro atoms. The maximum Gasteiger partial charge on any atom is 0.211 e. The summed E-state index contributed by atoms with van der Waals surface area (Å²) in [4.78, 5) is 15.1. The van der Waals surface area contributed by atoms with Crippen LogP contribution in [-0.2, 0) is 10.0 Å². The number of H-pyrrole nitrogens is 2. The number of pyridine rings is 2. The van der Waals surface area contributed by atoms with Crippen LogP contribution >= 0.6 is 0 Å². The summed E-state index contributed by atoms with van der Waals surface area (Å²) in [5.74, 6) is -2.92. The van der Waals surface area contributed by atoms with E-state index in [1.165, 1.54) is 36.9 Å². The number of aromatic nitrogens is 8. The summed E-state index contributed by atoms with van der Waals surface area (Å²) >= 11 is 0. The number of rotatable bonds is 9. The van der Waals surface area contributed by atoms with Gasteiger partial charge in [-0.15, -0.1) is 0 Å². The summed E-state index contributed by atoms with van der Waals surface area (Å²) in [6.07, 6.45) is 19.0. The highest BCUT2D eigenvalue weighted by molar-refractivity contribution is 7.88. The fraction of sp³-hybridized carbons (Fsp3) is 0.289. The Hall–Kier alpha value is -6.57. The van der Waals surface area contributed by atoms with E-state index in [-0.39, 0.29) is 17.5 Å². The molecule has 0 bridgehead atoms. The second kappa shape index (κ2) is 17.5. The maximum atomic E-state index is 14.3. The van der Waals surface area contributed by atoms with Crippen molar-refractivity contribution in [3.63, 3.8) is 0 Å². The molecule has 2 aliphatic heterocycles. The number of aromatic amines is 2.